The standard InChI is InChI=1S/C10H14BrNO3S/c1-8(13)5-6-12-16(14,15)10-4-2-3-9(11)7-10/h2-4,7-8,12-13H,5-6H2,1H3. The molecule has 0 heterocycles. The molecule has 1 aromatic rings. The molecule has 0 fully saturated rings. The summed E-state index contributed by atoms with van der Waals surface area (Å²) < 4.78 is 26.6. The van der Waals surface area contributed by atoms with Gasteiger partial charge in [0.1, 0.15) is 0 Å². The van der Waals surface area contributed by atoms with Gasteiger partial charge >= 0.3 is 0 Å². The number of sulfonamides is 1. The predicted molar refractivity (Wildman–Crippen MR) is 65.6 cm³/mol. The lowest BCUT2D eigenvalue weighted by Crippen LogP contribution is -2.26. The molecule has 1 rings (SSSR count). The van der Waals surface area contributed by atoms with Crippen molar-refractivity contribution in [2.45, 2.75) is 24.3 Å². The van der Waals surface area contributed by atoms with Crippen LogP contribution in [0.25, 0.3) is 0 Å². The molecule has 0 saturated heterocycles. The quantitative estimate of drug-likeness (QED) is 0.866. The molecule has 0 saturated carbocycles. The second-order valence-corrected chi connectivity index (χ2v) is 6.18. The maximum Gasteiger partial charge on any atom is 0.240 e. The van der Waals surface area contributed by atoms with E-state index < -0.39 is 16.1 Å². The molecule has 0 radical (unpaired) electrons. The highest BCUT2D eigenvalue weighted by Crippen LogP contribution is 2.15. The number of halogens is 1. The van der Waals surface area contributed by atoms with E-state index in [9.17, 15) is 8.42 Å². The highest BCUT2D eigenvalue weighted by Gasteiger charge is 2.13. The third kappa shape index (κ3) is 4.21. The maximum atomic E-state index is 11.8. The van der Waals surface area contributed by atoms with Crippen molar-refractivity contribution in [3.63, 3.8) is 0 Å². The van der Waals surface area contributed by atoms with Crippen molar-refractivity contribution in [1.82, 2.24) is 4.72 Å². The number of hydrogen-bond acceptors (Lipinski definition) is 3. The SMILES string of the molecule is CC(O)CCNS(=O)(=O)c1cccc(Br)c1. The van der Waals surface area contributed by atoms with E-state index >= 15 is 0 Å². The molecule has 1 aromatic carbocycles. The molecule has 0 aliphatic heterocycles. The van der Waals surface area contributed by atoms with E-state index in [2.05, 4.69) is 20.7 Å². The Labute approximate surface area is 104 Å². The number of aliphatic hydroxyl groups is 1. The third-order valence-corrected chi connectivity index (χ3v) is 3.91. The van der Waals surface area contributed by atoms with E-state index in [0.717, 1.165) is 0 Å². The number of hydrogen-bond donors (Lipinski definition) is 2. The van der Waals surface area contributed by atoms with Crippen LogP contribution in [0.1, 0.15) is 13.3 Å². The Morgan fingerprint density at radius 3 is 2.75 bits per heavy atom. The summed E-state index contributed by atoms with van der Waals surface area (Å²) in [6.07, 6.45) is -0.113. The summed E-state index contributed by atoms with van der Waals surface area (Å²) in [4.78, 5) is 0.215. The second kappa shape index (κ2) is 5.77. The summed E-state index contributed by atoms with van der Waals surface area (Å²) >= 11 is 3.21. The van der Waals surface area contributed by atoms with Crippen LogP contribution < -0.4 is 4.72 Å². The van der Waals surface area contributed by atoms with Crippen molar-refractivity contribution in [1.29, 1.82) is 0 Å². The first-order chi connectivity index (χ1) is 7.42. The molecule has 0 amide bonds. The van der Waals surface area contributed by atoms with Gasteiger partial charge in [-0.25, -0.2) is 13.1 Å². The average molecular weight is 308 g/mol. The highest BCUT2D eigenvalue weighted by molar-refractivity contribution is 9.10. The molecule has 0 aliphatic rings. The zero-order chi connectivity index (χ0) is 12.2. The topological polar surface area (TPSA) is 66.4 Å². The van der Waals surface area contributed by atoms with E-state index in [1.54, 1.807) is 19.1 Å². The Bertz CT molecular complexity index is 445. The van der Waals surface area contributed by atoms with Gasteiger partial charge in [-0.1, -0.05) is 22.0 Å². The van der Waals surface area contributed by atoms with E-state index in [-0.39, 0.29) is 11.4 Å². The minimum absolute atomic E-state index is 0.215. The minimum atomic E-state index is -3.47. The van der Waals surface area contributed by atoms with Crippen molar-refractivity contribution < 1.29 is 13.5 Å². The lowest BCUT2D eigenvalue weighted by atomic mass is 10.3. The van der Waals surface area contributed by atoms with Gasteiger partial charge in [-0.05, 0) is 31.5 Å². The molecule has 4 nitrogen and oxygen atoms in total. The van der Waals surface area contributed by atoms with Crippen LogP contribution in [0.15, 0.2) is 33.6 Å². The zero-order valence-corrected chi connectivity index (χ0v) is 11.3. The van der Waals surface area contributed by atoms with E-state index in [1.165, 1.54) is 12.1 Å². The Hall–Kier alpha value is -0.430. The molecule has 6 heteroatoms. The summed E-state index contributed by atoms with van der Waals surface area (Å²) in [7, 11) is -3.47. The van der Waals surface area contributed by atoms with E-state index in [4.69, 9.17) is 5.11 Å². The summed E-state index contributed by atoms with van der Waals surface area (Å²) in [5, 5.41) is 9.02. The third-order valence-electron chi connectivity index (χ3n) is 1.96. The van der Waals surface area contributed by atoms with Gasteiger partial charge in [0, 0.05) is 11.0 Å². The van der Waals surface area contributed by atoms with Crippen LogP contribution in [0, 0.1) is 0 Å². The molecule has 1 atom stereocenters. The van der Waals surface area contributed by atoms with Gasteiger partial charge in [-0.15, -0.1) is 0 Å². The van der Waals surface area contributed by atoms with Gasteiger partial charge in [-0.2, -0.15) is 0 Å². The van der Waals surface area contributed by atoms with Crippen molar-refractivity contribution in [2.75, 3.05) is 6.54 Å². The van der Waals surface area contributed by atoms with Crippen LogP contribution in [0.2, 0.25) is 0 Å². The summed E-state index contributed by atoms with van der Waals surface area (Å²) in [5.74, 6) is 0. The first kappa shape index (κ1) is 13.6. The van der Waals surface area contributed by atoms with E-state index in [1.807, 2.05) is 0 Å². The van der Waals surface area contributed by atoms with Crippen LogP contribution in [-0.2, 0) is 10.0 Å². The van der Waals surface area contributed by atoms with Gasteiger partial charge in [0.05, 0.1) is 11.0 Å². The fourth-order valence-corrected chi connectivity index (χ4v) is 2.76. The molecular formula is C10H14BrNO3S. The highest BCUT2D eigenvalue weighted by atomic mass is 79.9. The largest absolute Gasteiger partial charge is 0.393 e. The Balaban J connectivity index is 2.71. The molecule has 0 aliphatic carbocycles. The second-order valence-electron chi connectivity index (χ2n) is 3.49. The first-order valence-electron chi connectivity index (χ1n) is 4.85. The number of nitrogens with one attached hydrogen (secondary N) is 1. The fraction of sp³-hybridized carbons (Fsp3) is 0.400. The molecule has 2 N–H and O–H groups in total. The molecule has 0 aromatic heterocycles. The van der Waals surface area contributed by atoms with Gasteiger partial charge in [0.2, 0.25) is 10.0 Å². The van der Waals surface area contributed by atoms with Crippen molar-refractivity contribution >= 4 is 26.0 Å². The van der Waals surface area contributed by atoms with Crippen LogP contribution in [0.3, 0.4) is 0 Å². The summed E-state index contributed by atoms with van der Waals surface area (Å²) in [6, 6.07) is 6.47. The van der Waals surface area contributed by atoms with Crippen molar-refractivity contribution in [3.05, 3.63) is 28.7 Å². The van der Waals surface area contributed by atoms with Gasteiger partial charge in [0.15, 0.2) is 0 Å². The molecular weight excluding hydrogens is 294 g/mol. The Morgan fingerprint density at radius 1 is 1.50 bits per heavy atom. The first-order valence-corrected chi connectivity index (χ1v) is 7.13. The maximum absolute atomic E-state index is 11.8. The van der Waals surface area contributed by atoms with Gasteiger partial charge in [-0.3, -0.25) is 0 Å². The number of benzene rings is 1. The monoisotopic (exact) mass is 307 g/mol. The van der Waals surface area contributed by atoms with Crippen molar-refractivity contribution in [3.8, 4) is 0 Å². The van der Waals surface area contributed by atoms with Gasteiger partial charge in [0.25, 0.3) is 0 Å². The fourth-order valence-electron chi connectivity index (χ4n) is 1.12. The normalized spacial score (nSPS) is 13.7. The summed E-state index contributed by atoms with van der Waals surface area (Å²) in [6.45, 7) is 1.85. The minimum Gasteiger partial charge on any atom is -0.393 e. The van der Waals surface area contributed by atoms with Gasteiger partial charge < -0.3 is 5.11 Å². The lowest BCUT2D eigenvalue weighted by molar-refractivity contribution is 0.186. The molecule has 0 bridgehead atoms. The molecule has 16 heavy (non-hydrogen) atoms. The van der Waals surface area contributed by atoms with Crippen LogP contribution in [0.4, 0.5) is 0 Å². The van der Waals surface area contributed by atoms with Crippen molar-refractivity contribution in [2.24, 2.45) is 0 Å². The van der Waals surface area contributed by atoms with Crippen LogP contribution in [0.5, 0.6) is 0 Å². The van der Waals surface area contributed by atoms with Crippen LogP contribution in [-0.4, -0.2) is 26.2 Å². The Morgan fingerprint density at radius 2 is 2.19 bits per heavy atom. The Kier molecular flexibility index (Phi) is 4.91. The van der Waals surface area contributed by atoms with Crippen LogP contribution >= 0.6 is 15.9 Å². The predicted octanol–water partition coefficient (Wildman–Crippen LogP) is 1.50. The smallest absolute Gasteiger partial charge is 0.240 e. The summed E-state index contributed by atoms with van der Waals surface area (Å²) in [5.41, 5.74) is 0. The molecule has 1 unspecified atom stereocenters. The zero-order valence-electron chi connectivity index (χ0n) is 8.85. The lowest BCUT2D eigenvalue weighted by Gasteiger charge is -2.08. The number of aliphatic hydroxyl groups excluding tert-OH is 1. The average Bonchev–Trinajstić information content (AvgIpc) is 2.16. The molecule has 90 valence electrons. The van der Waals surface area contributed by atoms with E-state index in [0.29, 0.717) is 10.9 Å². The number of rotatable bonds is 5. The molecule has 0 spiro atoms.